The molecular weight excluding hydrogens is 436 g/mol. The van der Waals surface area contributed by atoms with Gasteiger partial charge in [0.2, 0.25) is 0 Å². The van der Waals surface area contributed by atoms with Crippen molar-refractivity contribution < 1.29 is 0 Å². The highest BCUT2D eigenvalue weighted by molar-refractivity contribution is 5.16. The van der Waals surface area contributed by atoms with Crippen LogP contribution in [0.5, 0.6) is 0 Å². The van der Waals surface area contributed by atoms with Crippen LogP contribution in [-0.2, 0) is 6.54 Å². The van der Waals surface area contributed by atoms with Crippen molar-refractivity contribution in [2.45, 2.75) is 161 Å². The van der Waals surface area contributed by atoms with Gasteiger partial charge in [-0.05, 0) is 24.8 Å². The third-order valence-electron chi connectivity index (χ3n) is 8.01. The van der Waals surface area contributed by atoms with Crippen LogP contribution in [0.15, 0.2) is 42.7 Å². The molecule has 0 spiro atoms. The Hall–Kier alpha value is -1.44. The highest BCUT2D eigenvalue weighted by Gasteiger charge is 2.25. The van der Waals surface area contributed by atoms with E-state index in [2.05, 4.69) is 66.4 Å². The smallest absolute Gasteiger partial charge is 0.101 e. The zero-order chi connectivity index (χ0) is 25.5. The summed E-state index contributed by atoms with van der Waals surface area (Å²) < 4.78 is 0. The quantitative estimate of drug-likeness (QED) is 0.131. The molecule has 1 aliphatic rings. The minimum Gasteiger partial charge on any atom is -0.356 e. The summed E-state index contributed by atoms with van der Waals surface area (Å²) in [5.41, 5.74) is 1.43. The lowest BCUT2D eigenvalue weighted by atomic mass is 10.0. The first-order chi connectivity index (χ1) is 17.8. The zero-order valence-corrected chi connectivity index (χ0v) is 24.3. The van der Waals surface area contributed by atoms with Crippen LogP contribution in [0.3, 0.4) is 0 Å². The van der Waals surface area contributed by atoms with Gasteiger partial charge in [-0.25, -0.2) is 0 Å². The summed E-state index contributed by atoms with van der Waals surface area (Å²) >= 11 is 0. The summed E-state index contributed by atoms with van der Waals surface area (Å²) in [5.74, 6) is 0. The summed E-state index contributed by atoms with van der Waals surface area (Å²) in [6.45, 7) is 6.86. The van der Waals surface area contributed by atoms with Crippen LogP contribution in [0.2, 0.25) is 0 Å². The molecule has 0 N–H and O–H groups in total. The summed E-state index contributed by atoms with van der Waals surface area (Å²) in [6.07, 6.45) is 34.9. The first-order valence-corrected chi connectivity index (χ1v) is 16.1. The third kappa shape index (κ3) is 14.3. The van der Waals surface area contributed by atoms with E-state index in [9.17, 15) is 0 Å². The van der Waals surface area contributed by atoms with Crippen molar-refractivity contribution in [3.05, 3.63) is 48.3 Å². The van der Waals surface area contributed by atoms with E-state index in [1.807, 2.05) is 0 Å². The van der Waals surface area contributed by atoms with E-state index in [0.717, 1.165) is 6.54 Å². The van der Waals surface area contributed by atoms with Crippen molar-refractivity contribution in [2.75, 3.05) is 6.54 Å². The number of hydrogen-bond donors (Lipinski definition) is 0. The molecule has 206 valence electrons. The molecule has 1 aliphatic heterocycles. The summed E-state index contributed by atoms with van der Waals surface area (Å²) in [5, 5.41) is 0. The largest absolute Gasteiger partial charge is 0.356 e. The van der Waals surface area contributed by atoms with Gasteiger partial charge in [-0.15, -0.1) is 0 Å². The van der Waals surface area contributed by atoms with Crippen LogP contribution in [0.1, 0.15) is 154 Å². The SMILES string of the molecule is CCCCCCCCCCCCCCCC1N(CCCCCCCCC)C=CN1Cc1ccccc1. The van der Waals surface area contributed by atoms with Crippen LogP contribution in [0.4, 0.5) is 0 Å². The van der Waals surface area contributed by atoms with Crippen LogP contribution >= 0.6 is 0 Å². The van der Waals surface area contributed by atoms with Crippen LogP contribution in [0.25, 0.3) is 0 Å². The maximum Gasteiger partial charge on any atom is 0.101 e. The minimum absolute atomic E-state index is 0.554. The van der Waals surface area contributed by atoms with E-state index in [1.165, 1.54) is 147 Å². The maximum absolute atomic E-state index is 2.65. The molecule has 2 rings (SSSR count). The van der Waals surface area contributed by atoms with E-state index in [4.69, 9.17) is 0 Å². The van der Waals surface area contributed by atoms with Crippen LogP contribution < -0.4 is 0 Å². The van der Waals surface area contributed by atoms with Gasteiger partial charge in [-0.1, -0.05) is 160 Å². The lowest BCUT2D eigenvalue weighted by Gasteiger charge is -2.33. The Morgan fingerprint density at radius 3 is 1.47 bits per heavy atom. The molecule has 1 heterocycles. The van der Waals surface area contributed by atoms with Gasteiger partial charge in [0.05, 0.1) is 0 Å². The lowest BCUT2D eigenvalue weighted by Crippen LogP contribution is -2.38. The molecule has 36 heavy (non-hydrogen) atoms. The Labute approximate surface area is 225 Å². The fraction of sp³-hybridized carbons (Fsp3) is 0.765. The Bertz CT molecular complexity index is 625. The second kappa shape index (κ2) is 21.6. The minimum atomic E-state index is 0.554. The van der Waals surface area contributed by atoms with E-state index >= 15 is 0 Å². The van der Waals surface area contributed by atoms with Crippen molar-refractivity contribution in [3.8, 4) is 0 Å². The molecule has 1 aromatic rings. The van der Waals surface area contributed by atoms with Gasteiger partial charge in [0.15, 0.2) is 0 Å². The van der Waals surface area contributed by atoms with Crippen molar-refractivity contribution in [3.63, 3.8) is 0 Å². The van der Waals surface area contributed by atoms with Crippen LogP contribution in [0, 0.1) is 0 Å². The van der Waals surface area contributed by atoms with Gasteiger partial charge in [0.1, 0.15) is 6.17 Å². The molecule has 0 amide bonds. The molecule has 0 aromatic heterocycles. The van der Waals surface area contributed by atoms with Gasteiger partial charge in [-0.3, -0.25) is 0 Å². The van der Waals surface area contributed by atoms with E-state index in [0.29, 0.717) is 6.17 Å². The first-order valence-electron chi connectivity index (χ1n) is 16.1. The standard InChI is InChI=1S/C34H60N2/c1-3-5-7-9-11-12-13-14-15-16-17-19-24-28-34-35(29-25-20-18-10-8-6-4-2)30-31-36(34)32-33-26-22-21-23-27-33/h21-23,26-27,30-31,34H,3-20,24-25,28-29,32H2,1-2H3. The number of nitrogens with zero attached hydrogens (tertiary/aromatic N) is 2. The molecule has 0 saturated heterocycles. The molecule has 1 atom stereocenters. The first kappa shape index (κ1) is 30.8. The number of benzene rings is 1. The normalized spacial score (nSPS) is 15.3. The van der Waals surface area contributed by atoms with Gasteiger partial charge in [0.25, 0.3) is 0 Å². The average molecular weight is 497 g/mol. The van der Waals surface area contributed by atoms with Gasteiger partial charge < -0.3 is 9.80 Å². The molecule has 0 aliphatic carbocycles. The fourth-order valence-electron chi connectivity index (χ4n) is 5.66. The number of hydrogen-bond acceptors (Lipinski definition) is 2. The zero-order valence-electron chi connectivity index (χ0n) is 24.3. The highest BCUT2D eigenvalue weighted by atomic mass is 15.4. The second-order valence-corrected chi connectivity index (χ2v) is 11.3. The molecular formula is C34H60N2. The van der Waals surface area contributed by atoms with E-state index in [-0.39, 0.29) is 0 Å². The Morgan fingerprint density at radius 1 is 0.500 bits per heavy atom. The summed E-state index contributed by atoms with van der Waals surface area (Å²) in [4.78, 5) is 5.24. The molecule has 0 saturated carbocycles. The Kier molecular flexibility index (Phi) is 18.5. The monoisotopic (exact) mass is 496 g/mol. The predicted molar refractivity (Wildman–Crippen MR) is 160 cm³/mol. The Morgan fingerprint density at radius 2 is 0.944 bits per heavy atom. The van der Waals surface area contributed by atoms with Crippen molar-refractivity contribution >= 4 is 0 Å². The molecule has 2 nitrogen and oxygen atoms in total. The topological polar surface area (TPSA) is 6.48 Å². The number of rotatable bonds is 24. The molecule has 0 radical (unpaired) electrons. The molecule has 0 fully saturated rings. The fourth-order valence-corrected chi connectivity index (χ4v) is 5.66. The van der Waals surface area contributed by atoms with Crippen molar-refractivity contribution in [1.82, 2.24) is 9.80 Å². The second-order valence-electron chi connectivity index (χ2n) is 11.3. The predicted octanol–water partition coefficient (Wildman–Crippen LogP) is 10.8. The van der Waals surface area contributed by atoms with Crippen molar-refractivity contribution in [2.24, 2.45) is 0 Å². The maximum atomic E-state index is 2.65. The molecule has 1 aromatic carbocycles. The van der Waals surface area contributed by atoms with Crippen LogP contribution in [-0.4, -0.2) is 22.5 Å². The summed E-state index contributed by atoms with van der Waals surface area (Å²) in [6, 6.07) is 11.0. The molecule has 1 unspecified atom stereocenters. The van der Waals surface area contributed by atoms with Gasteiger partial charge >= 0.3 is 0 Å². The lowest BCUT2D eigenvalue weighted by molar-refractivity contribution is 0.132. The van der Waals surface area contributed by atoms with Crippen molar-refractivity contribution in [1.29, 1.82) is 0 Å². The summed E-state index contributed by atoms with van der Waals surface area (Å²) in [7, 11) is 0. The Balaban J connectivity index is 1.61. The highest BCUT2D eigenvalue weighted by Crippen LogP contribution is 2.25. The van der Waals surface area contributed by atoms with E-state index < -0.39 is 0 Å². The van der Waals surface area contributed by atoms with Gasteiger partial charge in [0, 0.05) is 25.5 Å². The molecule has 0 bridgehead atoms. The average Bonchev–Trinajstić information content (AvgIpc) is 3.27. The van der Waals surface area contributed by atoms with E-state index in [1.54, 1.807) is 0 Å². The molecule has 2 heteroatoms. The third-order valence-corrected chi connectivity index (χ3v) is 8.01. The number of unbranched alkanes of at least 4 members (excludes halogenated alkanes) is 18. The van der Waals surface area contributed by atoms with Gasteiger partial charge in [-0.2, -0.15) is 0 Å².